The zero-order valence-electron chi connectivity index (χ0n) is 32.7. The van der Waals surface area contributed by atoms with Crippen molar-refractivity contribution in [3.8, 4) is 0 Å². The Morgan fingerprint density at radius 3 is 1.17 bits per heavy atom. The SMILES string of the molecule is C/C=C/C(=O)C1CC(C)CC1C.CC(=O)C1CC(C)CC1C.CC1CC(C)C(C(=O)/C=C/N(C)C)C1.CC=O.COC(OC)N(C)C. The molecule has 9 unspecified atom stereocenters. The Morgan fingerprint density at radius 2 is 0.979 bits per heavy atom. The van der Waals surface area contributed by atoms with Crippen LogP contribution in [0.2, 0.25) is 0 Å². The highest BCUT2D eigenvalue weighted by Gasteiger charge is 2.33. The number of rotatable bonds is 9. The molecule has 0 bridgehead atoms. The lowest BCUT2D eigenvalue weighted by molar-refractivity contribution is -0.179. The first kappa shape index (κ1) is 47.0. The molecule has 0 aromatic heterocycles. The van der Waals surface area contributed by atoms with Crippen LogP contribution < -0.4 is 0 Å². The van der Waals surface area contributed by atoms with Gasteiger partial charge in [-0.25, -0.2) is 0 Å². The molecule has 0 amide bonds. The van der Waals surface area contributed by atoms with E-state index in [0.29, 0.717) is 52.9 Å². The molecule has 9 atom stereocenters. The molecule has 0 N–H and O–H groups in total. The highest BCUT2D eigenvalue weighted by Crippen LogP contribution is 2.38. The van der Waals surface area contributed by atoms with Gasteiger partial charge in [-0.3, -0.25) is 19.3 Å². The molecule has 0 spiro atoms. The normalized spacial score (nSPS) is 29.6. The fraction of sp³-hybridized carbons (Fsp3) is 0.795. The van der Waals surface area contributed by atoms with Crippen LogP contribution in [0, 0.1) is 53.3 Å². The van der Waals surface area contributed by atoms with E-state index in [1.807, 2.05) is 57.2 Å². The Labute approximate surface area is 289 Å². The maximum atomic E-state index is 11.8. The summed E-state index contributed by atoms with van der Waals surface area (Å²) in [5.41, 5.74) is 0. The minimum absolute atomic E-state index is 0.213. The van der Waals surface area contributed by atoms with Crippen LogP contribution in [-0.2, 0) is 28.7 Å². The highest BCUT2D eigenvalue weighted by atomic mass is 16.7. The monoisotopic (exact) mass is 665 g/mol. The molecule has 8 heteroatoms. The summed E-state index contributed by atoms with van der Waals surface area (Å²) in [5, 5.41) is 0. The average Bonchev–Trinajstić information content (AvgIpc) is 3.63. The number of ketones is 3. The number of nitrogens with zero attached hydrogens (tertiary/aromatic N) is 2. The van der Waals surface area contributed by atoms with Gasteiger partial charge in [0.1, 0.15) is 12.1 Å². The minimum Gasteiger partial charge on any atom is -0.383 e. The third-order valence-electron chi connectivity index (χ3n) is 9.30. The highest BCUT2D eigenvalue weighted by molar-refractivity contribution is 5.92. The Kier molecular flexibility index (Phi) is 25.8. The summed E-state index contributed by atoms with van der Waals surface area (Å²) >= 11 is 0. The van der Waals surface area contributed by atoms with Gasteiger partial charge in [0.2, 0.25) is 6.41 Å². The number of Topliss-reactive ketones (excluding diaryl/α,β-unsaturated/α-hetero) is 1. The quantitative estimate of drug-likeness (QED) is 0.141. The lowest BCUT2D eigenvalue weighted by Crippen LogP contribution is -2.30. The zero-order chi connectivity index (χ0) is 36.9. The Bertz CT molecular complexity index is 942. The molecule has 47 heavy (non-hydrogen) atoms. The fourth-order valence-corrected chi connectivity index (χ4v) is 7.19. The molecule has 274 valence electrons. The van der Waals surface area contributed by atoms with Gasteiger partial charge >= 0.3 is 0 Å². The molecule has 3 saturated carbocycles. The van der Waals surface area contributed by atoms with E-state index in [1.165, 1.54) is 26.2 Å². The Balaban J connectivity index is 0. The lowest BCUT2D eigenvalue weighted by Gasteiger charge is -2.19. The molecule has 3 aliphatic rings. The second-order valence-corrected chi connectivity index (χ2v) is 14.7. The van der Waals surface area contributed by atoms with Gasteiger partial charge in [0, 0.05) is 52.3 Å². The molecular formula is C39H72N2O6. The van der Waals surface area contributed by atoms with Gasteiger partial charge in [0.25, 0.3) is 0 Å². The number of carbonyl (C=O) groups excluding carboxylic acids is 4. The first-order chi connectivity index (χ1) is 21.9. The first-order valence-corrected chi connectivity index (χ1v) is 17.6. The van der Waals surface area contributed by atoms with Crippen molar-refractivity contribution < 1.29 is 28.7 Å². The molecule has 0 saturated heterocycles. The van der Waals surface area contributed by atoms with Crippen molar-refractivity contribution in [3.63, 3.8) is 0 Å². The number of allylic oxidation sites excluding steroid dienone is 3. The number of carbonyl (C=O) groups is 4. The van der Waals surface area contributed by atoms with Gasteiger partial charge in [-0.2, -0.15) is 0 Å². The Hall–Kier alpha value is -2.16. The van der Waals surface area contributed by atoms with E-state index in [-0.39, 0.29) is 12.3 Å². The second kappa shape index (κ2) is 25.8. The summed E-state index contributed by atoms with van der Waals surface area (Å²) in [6.45, 7) is 18.3. The number of aldehydes is 1. The van der Waals surface area contributed by atoms with Crippen LogP contribution in [0.5, 0.6) is 0 Å². The lowest BCUT2D eigenvalue weighted by atomic mass is 9.93. The van der Waals surface area contributed by atoms with Gasteiger partial charge in [-0.05, 0) is 121 Å². The average molecular weight is 665 g/mol. The van der Waals surface area contributed by atoms with Crippen LogP contribution in [0.1, 0.15) is 101 Å². The van der Waals surface area contributed by atoms with Crippen LogP contribution in [0.3, 0.4) is 0 Å². The van der Waals surface area contributed by atoms with E-state index in [0.717, 1.165) is 37.4 Å². The van der Waals surface area contributed by atoms with Gasteiger partial charge in [0.05, 0.1) is 0 Å². The molecule has 3 aliphatic carbocycles. The van der Waals surface area contributed by atoms with Crippen molar-refractivity contribution in [2.75, 3.05) is 42.4 Å². The van der Waals surface area contributed by atoms with E-state index in [1.54, 1.807) is 33.3 Å². The number of hydrogen-bond acceptors (Lipinski definition) is 8. The van der Waals surface area contributed by atoms with Gasteiger partial charge in [0.15, 0.2) is 11.6 Å². The predicted octanol–water partition coefficient (Wildman–Crippen LogP) is 7.71. The van der Waals surface area contributed by atoms with Crippen molar-refractivity contribution in [1.29, 1.82) is 0 Å². The smallest absolute Gasteiger partial charge is 0.217 e. The fourth-order valence-electron chi connectivity index (χ4n) is 7.19. The van der Waals surface area contributed by atoms with Crippen molar-refractivity contribution in [2.24, 2.45) is 53.3 Å². The molecule has 3 fully saturated rings. The minimum atomic E-state index is -0.213. The number of hydrogen-bond donors (Lipinski definition) is 0. The van der Waals surface area contributed by atoms with Gasteiger partial charge in [-0.15, -0.1) is 0 Å². The maximum Gasteiger partial charge on any atom is 0.217 e. The topological polar surface area (TPSA) is 93.2 Å². The summed E-state index contributed by atoms with van der Waals surface area (Å²) in [5.74, 6) is 5.95. The number of ether oxygens (including phenoxy) is 2. The van der Waals surface area contributed by atoms with Crippen LogP contribution in [0.15, 0.2) is 24.4 Å². The molecule has 0 aromatic rings. The molecule has 8 nitrogen and oxygen atoms in total. The van der Waals surface area contributed by atoms with Crippen LogP contribution in [0.4, 0.5) is 0 Å². The zero-order valence-corrected chi connectivity index (χ0v) is 32.7. The number of methoxy groups -OCH3 is 2. The van der Waals surface area contributed by atoms with Crippen molar-refractivity contribution in [1.82, 2.24) is 9.80 Å². The van der Waals surface area contributed by atoms with Crippen LogP contribution in [-0.4, -0.2) is 82.3 Å². The third kappa shape index (κ3) is 20.1. The molecule has 0 heterocycles. The van der Waals surface area contributed by atoms with Crippen LogP contribution >= 0.6 is 0 Å². The predicted molar refractivity (Wildman–Crippen MR) is 195 cm³/mol. The van der Waals surface area contributed by atoms with Gasteiger partial charge < -0.3 is 19.2 Å². The first-order valence-electron chi connectivity index (χ1n) is 17.6. The van der Waals surface area contributed by atoms with Crippen molar-refractivity contribution in [3.05, 3.63) is 24.4 Å². The molecule has 0 aliphatic heterocycles. The largest absolute Gasteiger partial charge is 0.383 e. The van der Waals surface area contributed by atoms with E-state index in [9.17, 15) is 14.4 Å². The third-order valence-corrected chi connectivity index (χ3v) is 9.30. The van der Waals surface area contributed by atoms with Crippen molar-refractivity contribution in [2.45, 2.75) is 107 Å². The summed E-state index contributed by atoms with van der Waals surface area (Å²) < 4.78 is 9.73. The maximum absolute atomic E-state index is 11.8. The van der Waals surface area contributed by atoms with E-state index in [2.05, 4.69) is 41.5 Å². The van der Waals surface area contributed by atoms with E-state index < -0.39 is 0 Å². The summed E-state index contributed by atoms with van der Waals surface area (Å²) in [7, 11) is 10.9. The summed E-state index contributed by atoms with van der Waals surface area (Å²) in [6, 6.07) is 0. The van der Waals surface area contributed by atoms with Crippen LogP contribution in [0.25, 0.3) is 0 Å². The van der Waals surface area contributed by atoms with E-state index >= 15 is 0 Å². The standard InChI is InChI=1S/C12H21NO.C11H18O.C9H16O.C5H13NO2.C2H4O/c1-9-7-10(2)11(8-9)12(14)5-6-13(3)4;1-4-5-11(12)10-7-8(2)6-9(10)3;1-6-4-7(2)9(5-6)8(3)10;1-6(2)5(7-3)8-4;1-2-3/h5-6,9-11H,7-8H2,1-4H3;4-5,8-10H,6-7H2,1-3H3;6-7,9H,4-5H2,1-3H3;5H,1-4H3;2H,1H3/b6-5+;5-4+;;;. The Morgan fingerprint density at radius 1 is 0.638 bits per heavy atom. The summed E-state index contributed by atoms with van der Waals surface area (Å²) in [4.78, 5) is 46.9. The molecule has 0 radical (unpaired) electrons. The molecule has 3 rings (SSSR count). The molecular weight excluding hydrogens is 592 g/mol. The summed E-state index contributed by atoms with van der Waals surface area (Å²) in [6.07, 6.45) is 14.6. The molecule has 0 aromatic carbocycles. The van der Waals surface area contributed by atoms with Gasteiger partial charge in [-0.1, -0.05) is 47.6 Å². The van der Waals surface area contributed by atoms with Crippen molar-refractivity contribution >= 4 is 23.6 Å². The van der Waals surface area contributed by atoms with E-state index in [4.69, 9.17) is 14.3 Å². The second-order valence-electron chi connectivity index (χ2n) is 14.7.